The maximum atomic E-state index is 15.0. The number of carbonyl (C=O) groups is 1. The van der Waals surface area contributed by atoms with Crippen molar-refractivity contribution in [3.8, 4) is 10.6 Å². The molecule has 2 aliphatic carbocycles. The molecule has 3 aromatic rings. The highest BCUT2D eigenvalue weighted by molar-refractivity contribution is 7.21. The van der Waals surface area contributed by atoms with Gasteiger partial charge in [0.1, 0.15) is 21.2 Å². The first-order valence-corrected chi connectivity index (χ1v) is 12.8. The van der Waals surface area contributed by atoms with Crippen LogP contribution < -0.4 is 0 Å². The van der Waals surface area contributed by atoms with Gasteiger partial charge in [-0.1, -0.05) is 17.4 Å². The molecule has 2 aromatic heterocycles. The smallest absolute Gasteiger partial charge is 0.311 e. The zero-order chi connectivity index (χ0) is 24.4. The normalized spacial score (nSPS) is 23.4. The zero-order valence-electron chi connectivity index (χ0n) is 19.4. The van der Waals surface area contributed by atoms with E-state index in [-0.39, 0.29) is 41.9 Å². The van der Waals surface area contributed by atoms with E-state index in [4.69, 9.17) is 9.72 Å². The first kappa shape index (κ1) is 22.9. The van der Waals surface area contributed by atoms with Crippen LogP contribution in [0.3, 0.4) is 0 Å². The molecule has 5 nitrogen and oxygen atoms in total. The average molecular weight is 502 g/mol. The number of ether oxygens (including phenoxy) is 1. The number of aromatic nitrogens is 2. The Morgan fingerprint density at radius 1 is 1.17 bits per heavy atom. The highest BCUT2D eigenvalue weighted by atomic mass is 32.1. The molecule has 6 rings (SSSR count). The maximum Gasteiger partial charge on any atom is 0.311 e. The molecule has 0 N–H and O–H groups in total. The second-order valence-corrected chi connectivity index (χ2v) is 11.2. The van der Waals surface area contributed by atoms with Crippen molar-refractivity contribution in [1.29, 1.82) is 0 Å². The quantitative estimate of drug-likeness (QED) is 0.414. The summed E-state index contributed by atoms with van der Waals surface area (Å²) in [5.41, 5.74) is 2.58. The van der Waals surface area contributed by atoms with Gasteiger partial charge in [0.25, 0.3) is 0 Å². The monoisotopic (exact) mass is 501 g/mol. The van der Waals surface area contributed by atoms with Crippen LogP contribution in [0.25, 0.3) is 20.9 Å². The summed E-state index contributed by atoms with van der Waals surface area (Å²) in [6, 6.07) is 8.95. The van der Waals surface area contributed by atoms with Crippen LogP contribution >= 0.6 is 11.3 Å². The lowest BCUT2D eigenvalue weighted by molar-refractivity contribution is -0.151. The number of alkyl halides is 2. The van der Waals surface area contributed by atoms with E-state index in [2.05, 4.69) is 9.88 Å². The van der Waals surface area contributed by atoms with Crippen LogP contribution in [0.5, 0.6) is 0 Å². The van der Waals surface area contributed by atoms with E-state index in [0.717, 1.165) is 24.1 Å². The third kappa shape index (κ3) is 4.12. The molecule has 1 aromatic carbocycles. The van der Waals surface area contributed by atoms with Gasteiger partial charge in [-0.15, -0.1) is 0 Å². The van der Waals surface area contributed by atoms with Crippen molar-refractivity contribution in [1.82, 2.24) is 14.9 Å². The Kier molecular flexibility index (Phi) is 5.41. The molecule has 9 heteroatoms. The molecule has 1 saturated heterocycles. The lowest BCUT2D eigenvalue weighted by atomic mass is 9.84. The molecule has 3 aliphatic rings. The molecule has 1 aliphatic heterocycles. The van der Waals surface area contributed by atoms with E-state index in [1.165, 1.54) is 24.5 Å². The van der Waals surface area contributed by atoms with Gasteiger partial charge in [0.05, 0.1) is 13.0 Å². The summed E-state index contributed by atoms with van der Waals surface area (Å²) < 4.78 is 47.5. The molecule has 0 bridgehead atoms. The lowest BCUT2D eigenvalue weighted by Crippen LogP contribution is -2.49. The molecule has 0 spiro atoms. The number of nitrogens with zero attached hydrogens (tertiary/aromatic N) is 3. The topological polar surface area (TPSA) is 55.3 Å². The summed E-state index contributed by atoms with van der Waals surface area (Å²) in [5, 5.41) is 0.556. The predicted octanol–water partition coefficient (Wildman–Crippen LogP) is 5.57. The number of hydrogen-bond donors (Lipinski definition) is 0. The number of methoxy groups -OCH3 is 1. The third-order valence-corrected chi connectivity index (χ3v) is 8.90. The van der Waals surface area contributed by atoms with Crippen LogP contribution in [0.15, 0.2) is 30.3 Å². The molecular formula is C26H26F3N3O2S. The van der Waals surface area contributed by atoms with Crippen LogP contribution in [0, 0.1) is 17.7 Å². The number of carbonyl (C=O) groups excluding carboxylic acids is 1. The molecule has 3 heterocycles. The molecule has 0 radical (unpaired) electrons. The summed E-state index contributed by atoms with van der Waals surface area (Å²) >= 11 is 1.33. The number of thiazole rings is 1. The Morgan fingerprint density at radius 2 is 1.97 bits per heavy atom. The number of benzene rings is 1. The lowest BCUT2D eigenvalue weighted by Gasteiger charge is -2.37. The van der Waals surface area contributed by atoms with E-state index in [0.29, 0.717) is 47.0 Å². The van der Waals surface area contributed by atoms with Crippen molar-refractivity contribution < 1.29 is 22.7 Å². The molecule has 1 unspecified atom stereocenters. The predicted molar refractivity (Wildman–Crippen MR) is 127 cm³/mol. The van der Waals surface area contributed by atoms with E-state index in [1.54, 1.807) is 6.07 Å². The second-order valence-electron chi connectivity index (χ2n) is 10.2. The molecule has 184 valence electrons. The van der Waals surface area contributed by atoms with Crippen molar-refractivity contribution >= 4 is 27.7 Å². The minimum absolute atomic E-state index is 0.0332. The summed E-state index contributed by atoms with van der Waals surface area (Å²) in [4.78, 5) is 23.8. The maximum absolute atomic E-state index is 15.0. The SMILES string of the molecule is COC(=O)C1CN(Cc2ccc(-c3nc4ccc(C5(C6CCC(F)(F)C6)CC5)nc4s3)c(F)c2)C1. The van der Waals surface area contributed by atoms with Crippen molar-refractivity contribution in [2.24, 2.45) is 11.8 Å². The van der Waals surface area contributed by atoms with Gasteiger partial charge in [-0.05, 0) is 55.0 Å². The van der Waals surface area contributed by atoms with Gasteiger partial charge in [0, 0.05) is 49.1 Å². The van der Waals surface area contributed by atoms with Crippen LogP contribution in [-0.2, 0) is 21.5 Å². The minimum atomic E-state index is -2.57. The number of esters is 1. The van der Waals surface area contributed by atoms with E-state index in [1.807, 2.05) is 18.2 Å². The Bertz CT molecular complexity index is 1300. The first-order valence-electron chi connectivity index (χ1n) is 12.0. The van der Waals surface area contributed by atoms with Crippen molar-refractivity contribution in [3.05, 3.63) is 47.4 Å². The molecular weight excluding hydrogens is 475 g/mol. The Balaban J connectivity index is 1.19. The highest BCUT2D eigenvalue weighted by Crippen LogP contribution is 2.60. The summed E-state index contributed by atoms with van der Waals surface area (Å²) in [6.07, 6.45) is 2.24. The van der Waals surface area contributed by atoms with Crippen LogP contribution in [0.1, 0.15) is 43.4 Å². The average Bonchev–Trinajstić information content (AvgIpc) is 3.37. The van der Waals surface area contributed by atoms with Crippen LogP contribution in [0.4, 0.5) is 13.2 Å². The van der Waals surface area contributed by atoms with Crippen LogP contribution in [0.2, 0.25) is 0 Å². The number of fused-ring (bicyclic) bond motifs is 1. The standard InChI is InChI=1S/C26H26F3N3O2S/c1-34-24(33)16-13-32(14-16)12-15-2-3-18(19(27)10-15)22-30-20-4-5-21(31-23(20)35-22)25(8-9-25)17-6-7-26(28,29)11-17/h2-5,10,16-17H,6-9,11-14H2,1H3. The highest BCUT2D eigenvalue weighted by Gasteiger charge is 2.57. The largest absolute Gasteiger partial charge is 0.469 e. The first-order chi connectivity index (χ1) is 16.8. The molecule has 1 atom stereocenters. The van der Waals surface area contributed by atoms with Gasteiger partial charge in [-0.25, -0.2) is 23.1 Å². The summed E-state index contributed by atoms with van der Waals surface area (Å²) in [5.74, 6) is -3.26. The molecule has 3 fully saturated rings. The molecule has 0 amide bonds. The molecule has 2 saturated carbocycles. The van der Waals surface area contributed by atoms with Crippen molar-refractivity contribution in [2.75, 3.05) is 20.2 Å². The van der Waals surface area contributed by atoms with Gasteiger partial charge < -0.3 is 4.74 Å². The zero-order valence-corrected chi connectivity index (χ0v) is 20.2. The fourth-order valence-electron chi connectivity index (χ4n) is 5.74. The van der Waals surface area contributed by atoms with E-state index >= 15 is 4.39 Å². The van der Waals surface area contributed by atoms with Crippen molar-refractivity contribution in [3.63, 3.8) is 0 Å². The van der Waals surface area contributed by atoms with Gasteiger partial charge in [0.2, 0.25) is 5.92 Å². The van der Waals surface area contributed by atoms with E-state index < -0.39 is 5.92 Å². The fraction of sp³-hybridized carbons (Fsp3) is 0.500. The number of rotatable bonds is 6. The van der Waals surface area contributed by atoms with Gasteiger partial charge in [-0.3, -0.25) is 9.69 Å². The number of likely N-dealkylation sites (tertiary alicyclic amines) is 1. The van der Waals surface area contributed by atoms with Gasteiger partial charge in [-0.2, -0.15) is 0 Å². The minimum Gasteiger partial charge on any atom is -0.469 e. The molecule has 35 heavy (non-hydrogen) atoms. The second kappa shape index (κ2) is 8.27. The van der Waals surface area contributed by atoms with E-state index in [9.17, 15) is 13.6 Å². The third-order valence-electron chi connectivity index (χ3n) is 7.90. The van der Waals surface area contributed by atoms with Crippen LogP contribution in [-0.4, -0.2) is 47.0 Å². The fourth-order valence-corrected chi connectivity index (χ4v) is 6.71. The van der Waals surface area contributed by atoms with Crippen molar-refractivity contribution in [2.45, 2.75) is 50.0 Å². The Hall–Kier alpha value is -2.52. The van der Waals surface area contributed by atoms with Gasteiger partial charge in [0.15, 0.2) is 0 Å². The number of halogens is 3. The van der Waals surface area contributed by atoms with Gasteiger partial charge >= 0.3 is 5.97 Å². The Morgan fingerprint density at radius 3 is 2.63 bits per heavy atom. The summed E-state index contributed by atoms with van der Waals surface area (Å²) in [7, 11) is 1.39. The number of hydrogen-bond acceptors (Lipinski definition) is 6. The summed E-state index contributed by atoms with van der Waals surface area (Å²) in [6.45, 7) is 1.79. The number of pyridine rings is 1. The Labute approximate surface area is 205 Å².